The summed E-state index contributed by atoms with van der Waals surface area (Å²) in [6.07, 6.45) is 0. The molecule has 0 saturated carbocycles. The zero-order chi connectivity index (χ0) is 20.5. The number of carbonyl (C=O) groups excluding carboxylic acids is 1. The van der Waals surface area contributed by atoms with Gasteiger partial charge in [0.25, 0.3) is 0 Å². The minimum absolute atomic E-state index is 0.0678. The minimum atomic E-state index is -0.265. The lowest BCUT2D eigenvalue weighted by Gasteiger charge is -2.13. The normalized spacial score (nSPS) is 11.0. The van der Waals surface area contributed by atoms with Crippen LogP contribution in [-0.2, 0) is 0 Å². The molecule has 0 aliphatic carbocycles. The number of rotatable bonds is 5. The second kappa shape index (κ2) is 7.68. The number of carbonyl (C=O) groups is 1. The Balaban J connectivity index is 1.86. The molecule has 29 heavy (non-hydrogen) atoms. The molecule has 0 fully saturated rings. The van der Waals surface area contributed by atoms with Gasteiger partial charge in [-0.25, -0.2) is 0 Å². The molecule has 0 bridgehead atoms. The summed E-state index contributed by atoms with van der Waals surface area (Å²) in [4.78, 5) is 26.3. The fourth-order valence-corrected chi connectivity index (χ4v) is 4.00. The number of Topliss-reactive ketones (excluding diaryl/α,β-unsaturated/α-hetero) is 1. The van der Waals surface area contributed by atoms with Crippen LogP contribution in [0.5, 0.6) is 5.75 Å². The van der Waals surface area contributed by atoms with Crippen LogP contribution in [0.2, 0.25) is 0 Å². The van der Waals surface area contributed by atoms with Crippen molar-refractivity contribution >= 4 is 28.1 Å². The van der Waals surface area contributed by atoms with Gasteiger partial charge in [0, 0.05) is 5.56 Å². The highest BCUT2D eigenvalue weighted by molar-refractivity contribution is 7.12. The van der Waals surface area contributed by atoms with Crippen LogP contribution < -0.4 is 10.2 Å². The molecule has 0 spiro atoms. The molecule has 2 heterocycles. The highest BCUT2D eigenvalue weighted by Crippen LogP contribution is 2.32. The second-order valence-electron chi connectivity index (χ2n) is 7.10. The van der Waals surface area contributed by atoms with E-state index in [2.05, 4.69) is 0 Å². The van der Waals surface area contributed by atoms with Crippen LogP contribution in [0.25, 0.3) is 22.3 Å². The summed E-state index contributed by atoms with van der Waals surface area (Å²) in [5.74, 6) is 0.236. The number of hydrogen-bond acceptors (Lipinski definition) is 5. The number of ketones is 1. The predicted octanol–water partition coefficient (Wildman–Crippen LogP) is 5.71. The van der Waals surface area contributed by atoms with E-state index < -0.39 is 0 Å². The maximum atomic E-state index is 13.3. The zero-order valence-corrected chi connectivity index (χ0v) is 17.3. The molecule has 0 N–H and O–H groups in total. The van der Waals surface area contributed by atoms with Crippen LogP contribution in [0.4, 0.5) is 0 Å². The first-order valence-corrected chi connectivity index (χ1v) is 10.2. The van der Waals surface area contributed by atoms with Gasteiger partial charge in [-0.3, -0.25) is 9.59 Å². The van der Waals surface area contributed by atoms with Crippen molar-refractivity contribution in [2.24, 2.45) is 0 Å². The van der Waals surface area contributed by atoms with Crippen molar-refractivity contribution in [1.82, 2.24) is 0 Å². The Morgan fingerprint density at radius 1 is 1.03 bits per heavy atom. The van der Waals surface area contributed by atoms with Gasteiger partial charge in [-0.15, -0.1) is 11.3 Å². The number of ether oxygens (including phenoxy) is 1. The van der Waals surface area contributed by atoms with Gasteiger partial charge >= 0.3 is 0 Å². The van der Waals surface area contributed by atoms with Crippen LogP contribution in [-0.4, -0.2) is 12.4 Å². The molecule has 146 valence electrons. The third-order valence-corrected chi connectivity index (χ3v) is 5.66. The summed E-state index contributed by atoms with van der Waals surface area (Å²) in [5, 5.41) is 2.31. The number of benzene rings is 2. The van der Waals surface area contributed by atoms with E-state index in [9.17, 15) is 9.59 Å². The molecule has 0 unspecified atom stereocenters. The summed E-state index contributed by atoms with van der Waals surface area (Å²) < 4.78 is 11.9. The largest absolute Gasteiger partial charge is 0.478 e. The number of aryl methyl sites for hydroxylation is 3. The maximum absolute atomic E-state index is 13.3. The van der Waals surface area contributed by atoms with Gasteiger partial charge in [0.2, 0.25) is 17.0 Å². The van der Waals surface area contributed by atoms with Gasteiger partial charge in [0.1, 0.15) is 5.58 Å². The molecule has 2 aromatic carbocycles. The number of thiophene rings is 1. The summed E-state index contributed by atoms with van der Waals surface area (Å²) in [7, 11) is 0. The van der Waals surface area contributed by atoms with Crippen molar-refractivity contribution in [3.8, 4) is 17.1 Å². The molecule has 0 radical (unpaired) electrons. The fourth-order valence-electron chi connectivity index (χ4n) is 3.35. The monoisotopic (exact) mass is 404 g/mol. The van der Waals surface area contributed by atoms with Gasteiger partial charge < -0.3 is 9.15 Å². The highest BCUT2D eigenvalue weighted by Gasteiger charge is 2.20. The predicted molar refractivity (Wildman–Crippen MR) is 116 cm³/mol. The lowest BCUT2D eigenvalue weighted by atomic mass is 10.0. The Morgan fingerprint density at radius 2 is 1.79 bits per heavy atom. The molecule has 2 aromatic heterocycles. The SMILES string of the molecule is Cc1ccc(-c2oc3cc(C)cc(C)c3c(=O)c2OCC(=O)c2cccs2)cc1. The fraction of sp³-hybridized carbons (Fsp3) is 0.167. The molecule has 4 nitrogen and oxygen atoms in total. The minimum Gasteiger partial charge on any atom is -0.478 e. The van der Waals surface area contributed by atoms with Crippen LogP contribution >= 0.6 is 11.3 Å². The molecule has 0 aliphatic rings. The van der Waals surface area contributed by atoms with Gasteiger partial charge in [-0.1, -0.05) is 42.0 Å². The van der Waals surface area contributed by atoms with E-state index in [4.69, 9.17) is 9.15 Å². The molecule has 4 rings (SSSR count). The standard InChI is InChI=1S/C24H20O4S/c1-14-6-8-17(9-7-14)23-24(27-13-18(25)20-5-4-10-29-20)22(26)21-16(3)11-15(2)12-19(21)28-23/h4-12H,13H2,1-3H3. The summed E-state index contributed by atoms with van der Waals surface area (Å²) >= 11 is 1.35. The average Bonchev–Trinajstić information content (AvgIpc) is 3.22. The van der Waals surface area contributed by atoms with Crippen LogP contribution in [0.1, 0.15) is 26.4 Å². The molecule has 0 atom stereocenters. The lowest BCUT2D eigenvalue weighted by molar-refractivity contribution is 0.0924. The smallest absolute Gasteiger partial charge is 0.235 e. The number of fused-ring (bicyclic) bond motifs is 1. The summed E-state index contributed by atoms with van der Waals surface area (Å²) in [5.41, 5.74) is 3.90. The van der Waals surface area contributed by atoms with E-state index in [-0.39, 0.29) is 23.6 Å². The van der Waals surface area contributed by atoms with Gasteiger partial charge in [-0.2, -0.15) is 0 Å². The van der Waals surface area contributed by atoms with Crippen molar-refractivity contribution in [2.75, 3.05) is 6.61 Å². The first kappa shape index (κ1) is 19.2. The Bertz CT molecular complexity index is 1250. The van der Waals surface area contributed by atoms with Crippen molar-refractivity contribution in [3.63, 3.8) is 0 Å². The van der Waals surface area contributed by atoms with E-state index in [0.717, 1.165) is 22.3 Å². The van der Waals surface area contributed by atoms with Crippen LogP contribution in [0.15, 0.2) is 63.1 Å². The van der Waals surface area contributed by atoms with Crippen molar-refractivity contribution in [3.05, 3.63) is 85.7 Å². The van der Waals surface area contributed by atoms with Gasteiger partial charge in [-0.05, 0) is 49.4 Å². The highest BCUT2D eigenvalue weighted by atomic mass is 32.1. The Morgan fingerprint density at radius 3 is 2.48 bits per heavy atom. The Labute approximate surface area is 172 Å². The Hall–Kier alpha value is -3.18. The van der Waals surface area contributed by atoms with E-state index >= 15 is 0 Å². The molecule has 0 saturated heterocycles. The van der Waals surface area contributed by atoms with Crippen LogP contribution in [0, 0.1) is 20.8 Å². The van der Waals surface area contributed by atoms with Crippen LogP contribution in [0.3, 0.4) is 0 Å². The third kappa shape index (κ3) is 3.74. The molecule has 4 aromatic rings. The number of hydrogen-bond donors (Lipinski definition) is 0. The van der Waals surface area contributed by atoms with E-state index in [1.165, 1.54) is 11.3 Å². The summed E-state index contributed by atoms with van der Waals surface area (Å²) in [6, 6.07) is 15.0. The quantitative estimate of drug-likeness (QED) is 0.400. The average molecular weight is 404 g/mol. The molecule has 0 amide bonds. The molecule has 5 heteroatoms. The van der Waals surface area contributed by atoms with Crippen molar-refractivity contribution in [2.45, 2.75) is 20.8 Å². The molecule has 0 aliphatic heterocycles. The lowest BCUT2D eigenvalue weighted by Crippen LogP contribution is -2.17. The van der Waals surface area contributed by atoms with Gasteiger partial charge in [0.15, 0.2) is 12.4 Å². The molecular weight excluding hydrogens is 384 g/mol. The maximum Gasteiger partial charge on any atom is 0.235 e. The van der Waals surface area contributed by atoms with E-state index in [0.29, 0.717) is 21.6 Å². The zero-order valence-electron chi connectivity index (χ0n) is 16.4. The summed E-state index contributed by atoms with van der Waals surface area (Å²) in [6.45, 7) is 5.60. The van der Waals surface area contributed by atoms with E-state index in [1.54, 1.807) is 6.07 Å². The van der Waals surface area contributed by atoms with Crippen molar-refractivity contribution < 1.29 is 13.9 Å². The Kier molecular flexibility index (Phi) is 5.07. The first-order chi connectivity index (χ1) is 13.9. The first-order valence-electron chi connectivity index (χ1n) is 9.28. The molecular formula is C24H20O4S. The van der Waals surface area contributed by atoms with Crippen molar-refractivity contribution in [1.29, 1.82) is 0 Å². The third-order valence-electron chi connectivity index (χ3n) is 4.75. The second-order valence-corrected chi connectivity index (χ2v) is 8.05. The van der Waals surface area contributed by atoms with E-state index in [1.807, 2.05) is 68.6 Å². The topological polar surface area (TPSA) is 56.5 Å². The van der Waals surface area contributed by atoms with Gasteiger partial charge in [0.05, 0.1) is 10.3 Å².